The SMILES string of the molecule is Cc1ccc(-c2cc(C(=O)NC3(C(=O)O)CCCC3)n[nH]2)o1. The highest BCUT2D eigenvalue weighted by molar-refractivity contribution is 5.97. The van der Waals surface area contributed by atoms with Gasteiger partial charge in [0.05, 0.1) is 0 Å². The molecule has 1 saturated carbocycles. The lowest BCUT2D eigenvalue weighted by molar-refractivity contribution is -0.144. The summed E-state index contributed by atoms with van der Waals surface area (Å²) in [7, 11) is 0. The molecule has 7 heteroatoms. The van der Waals surface area contributed by atoms with Crippen molar-refractivity contribution in [1.29, 1.82) is 0 Å². The molecule has 0 atom stereocenters. The average molecular weight is 303 g/mol. The predicted molar refractivity (Wildman–Crippen MR) is 77.3 cm³/mol. The predicted octanol–water partition coefficient (Wildman–Crippen LogP) is 2.11. The molecular formula is C15H17N3O4. The van der Waals surface area contributed by atoms with Crippen LogP contribution in [-0.4, -0.2) is 32.7 Å². The van der Waals surface area contributed by atoms with Crippen molar-refractivity contribution in [2.24, 2.45) is 0 Å². The molecule has 116 valence electrons. The number of aromatic amines is 1. The summed E-state index contributed by atoms with van der Waals surface area (Å²) in [4.78, 5) is 23.7. The number of carboxylic acids is 1. The minimum absolute atomic E-state index is 0.150. The number of aliphatic carboxylic acids is 1. The maximum Gasteiger partial charge on any atom is 0.329 e. The van der Waals surface area contributed by atoms with Gasteiger partial charge in [-0.2, -0.15) is 5.10 Å². The number of aromatic nitrogens is 2. The van der Waals surface area contributed by atoms with Gasteiger partial charge in [-0.05, 0) is 31.9 Å². The molecular weight excluding hydrogens is 286 g/mol. The molecule has 0 aliphatic heterocycles. The summed E-state index contributed by atoms with van der Waals surface area (Å²) in [5.74, 6) is -0.143. The number of nitrogens with one attached hydrogen (secondary N) is 2. The van der Waals surface area contributed by atoms with Crippen LogP contribution in [0.25, 0.3) is 11.5 Å². The number of carbonyl (C=O) groups excluding carboxylic acids is 1. The van der Waals surface area contributed by atoms with Crippen LogP contribution in [0.4, 0.5) is 0 Å². The molecule has 3 N–H and O–H groups in total. The van der Waals surface area contributed by atoms with Gasteiger partial charge in [-0.15, -0.1) is 0 Å². The second-order valence-corrected chi connectivity index (χ2v) is 5.63. The van der Waals surface area contributed by atoms with Gasteiger partial charge in [0, 0.05) is 6.07 Å². The number of H-pyrrole nitrogens is 1. The number of carboxylic acid groups (broad SMARTS) is 1. The first kappa shape index (κ1) is 14.4. The standard InChI is InChI=1S/C15H17N3O4/c1-9-4-5-12(22-9)10-8-11(18-17-10)13(19)16-15(14(20)21)6-2-3-7-15/h4-5,8H,2-3,6-7H2,1H3,(H,16,19)(H,17,18)(H,20,21). The van der Waals surface area contributed by atoms with Gasteiger partial charge in [0.25, 0.3) is 5.91 Å². The Morgan fingerprint density at radius 2 is 2.09 bits per heavy atom. The minimum Gasteiger partial charge on any atom is -0.480 e. The van der Waals surface area contributed by atoms with Crippen LogP contribution in [0.1, 0.15) is 41.9 Å². The van der Waals surface area contributed by atoms with Gasteiger partial charge >= 0.3 is 5.97 Å². The monoisotopic (exact) mass is 303 g/mol. The first-order valence-corrected chi connectivity index (χ1v) is 7.18. The number of hydrogen-bond donors (Lipinski definition) is 3. The molecule has 7 nitrogen and oxygen atoms in total. The molecule has 0 bridgehead atoms. The van der Waals surface area contributed by atoms with Crippen molar-refractivity contribution in [3.8, 4) is 11.5 Å². The van der Waals surface area contributed by atoms with Gasteiger partial charge in [0.1, 0.15) is 17.0 Å². The van der Waals surface area contributed by atoms with Crippen molar-refractivity contribution in [3.05, 3.63) is 29.7 Å². The van der Waals surface area contributed by atoms with Gasteiger partial charge in [-0.1, -0.05) is 12.8 Å². The van der Waals surface area contributed by atoms with Crippen LogP contribution in [0.2, 0.25) is 0 Å². The van der Waals surface area contributed by atoms with E-state index in [0.29, 0.717) is 24.3 Å². The third kappa shape index (κ3) is 2.49. The molecule has 0 aromatic carbocycles. The molecule has 2 heterocycles. The first-order valence-electron chi connectivity index (χ1n) is 7.18. The second-order valence-electron chi connectivity index (χ2n) is 5.63. The van der Waals surface area contributed by atoms with Gasteiger partial charge in [0.2, 0.25) is 0 Å². The summed E-state index contributed by atoms with van der Waals surface area (Å²) in [5.41, 5.74) is -0.442. The Morgan fingerprint density at radius 3 is 2.68 bits per heavy atom. The molecule has 1 amide bonds. The third-order valence-electron chi connectivity index (χ3n) is 4.04. The molecule has 1 fully saturated rings. The van der Waals surface area contributed by atoms with E-state index in [4.69, 9.17) is 4.42 Å². The molecule has 0 saturated heterocycles. The zero-order valence-electron chi connectivity index (χ0n) is 12.2. The molecule has 3 rings (SSSR count). The van der Waals surface area contributed by atoms with Crippen molar-refractivity contribution < 1.29 is 19.1 Å². The van der Waals surface area contributed by atoms with E-state index in [1.165, 1.54) is 0 Å². The van der Waals surface area contributed by atoms with E-state index in [1.807, 2.05) is 13.0 Å². The van der Waals surface area contributed by atoms with E-state index < -0.39 is 17.4 Å². The number of rotatable bonds is 4. The van der Waals surface area contributed by atoms with Gasteiger partial charge in [-0.25, -0.2) is 4.79 Å². The van der Waals surface area contributed by atoms with Crippen molar-refractivity contribution in [2.75, 3.05) is 0 Å². The summed E-state index contributed by atoms with van der Waals surface area (Å²) < 4.78 is 5.46. The Labute approximate surface area is 126 Å². The molecule has 1 aliphatic carbocycles. The van der Waals surface area contributed by atoms with Gasteiger partial charge < -0.3 is 14.8 Å². The topological polar surface area (TPSA) is 108 Å². The zero-order chi connectivity index (χ0) is 15.7. The number of furan rings is 1. The number of nitrogens with zero attached hydrogens (tertiary/aromatic N) is 1. The van der Waals surface area contributed by atoms with Crippen molar-refractivity contribution in [1.82, 2.24) is 15.5 Å². The van der Waals surface area contributed by atoms with Crippen LogP contribution in [0.15, 0.2) is 22.6 Å². The first-order chi connectivity index (χ1) is 10.5. The quantitative estimate of drug-likeness (QED) is 0.801. The number of aryl methyl sites for hydroxylation is 1. The van der Waals surface area contributed by atoms with Crippen molar-refractivity contribution in [2.45, 2.75) is 38.1 Å². The van der Waals surface area contributed by atoms with Crippen LogP contribution in [0.5, 0.6) is 0 Å². The zero-order valence-corrected chi connectivity index (χ0v) is 12.2. The highest BCUT2D eigenvalue weighted by Crippen LogP contribution is 2.30. The highest BCUT2D eigenvalue weighted by atomic mass is 16.4. The van der Waals surface area contributed by atoms with Gasteiger partial charge in [0.15, 0.2) is 11.5 Å². The number of amides is 1. The Hall–Kier alpha value is -2.57. The fraction of sp³-hybridized carbons (Fsp3) is 0.400. The molecule has 0 unspecified atom stereocenters. The minimum atomic E-state index is -1.17. The lowest BCUT2D eigenvalue weighted by atomic mass is 9.97. The second kappa shape index (κ2) is 5.32. The fourth-order valence-corrected chi connectivity index (χ4v) is 2.80. The molecule has 1 aliphatic rings. The van der Waals surface area contributed by atoms with E-state index in [-0.39, 0.29) is 5.69 Å². The summed E-state index contributed by atoms with van der Waals surface area (Å²) in [6.45, 7) is 1.82. The maximum absolute atomic E-state index is 12.3. The Morgan fingerprint density at radius 1 is 1.36 bits per heavy atom. The summed E-state index contributed by atoms with van der Waals surface area (Å²) >= 11 is 0. The van der Waals surface area contributed by atoms with E-state index in [2.05, 4.69) is 15.5 Å². The van der Waals surface area contributed by atoms with Crippen LogP contribution in [0, 0.1) is 6.92 Å². The number of carbonyl (C=O) groups is 2. The maximum atomic E-state index is 12.3. The third-order valence-corrected chi connectivity index (χ3v) is 4.04. The van der Waals surface area contributed by atoms with Crippen molar-refractivity contribution in [3.63, 3.8) is 0 Å². The summed E-state index contributed by atoms with van der Waals surface area (Å²) in [6.07, 6.45) is 2.49. The van der Waals surface area contributed by atoms with Gasteiger partial charge in [-0.3, -0.25) is 9.89 Å². The summed E-state index contributed by atoms with van der Waals surface area (Å²) in [6, 6.07) is 5.15. The molecule has 0 radical (unpaired) electrons. The molecule has 22 heavy (non-hydrogen) atoms. The Kier molecular flexibility index (Phi) is 3.48. The number of hydrogen-bond acceptors (Lipinski definition) is 4. The lowest BCUT2D eigenvalue weighted by Gasteiger charge is -2.24. The Balaban J connectivity index is 1.78. The molecule has 0 spiro atoms. The van der Waals surface area contributed by atoms with Crippen LogP contribution < -0.4 is 5.32 Å². The van der Waals surface area contributed by atoms with Crippen LogP contribution in [-0.2, 0) is 4.79 Å². The smallest absolute Gasteiger partial charge is 0.329 e. The Bertz CT molecular complexity index is 710. The van der Waals surface area contributed by atoms with Crippen LogP contribution >= 0.6 is 0 Å². The van der Waals surface area contributed by atoms with E-state index >= 15 is 0 Å². The lowest BCUT2D eigenvalue weighted by Crippen LogP contribution is -2.52. The normalized spacial score (nSPS) is 16.6. The van der Waals surface area contributed by atoms with Crippen molar-refractivity contribution >= 4 is 11.9 Å². The highest BCUT2D eigenvalue weighted by Gasteiger charge is 2.43. The fourth-order valence-electron chi connectivity index (χ4n) is 2.80. The van der Waals surface area contributed by atoms with Crippen LogP contribution in [0.3, 0.4) is 0 Å². The molecule has 2 aromatic heterocycles. The summed E-state index contributed by atoms with van der Waals surface area (Å²) in [5, 5.41) is 18.7. The van der Waals surface area contributed by atoms with E-state index in [0.717, 1.165) is 18.6 Å². The van der Waals surface area contributed by atoms with E-state index in [9.17, 15) is 14.7 Å². The average Bonchev–Trinajstić information content (AvgIpc) is 3.17. The molecule has 2 aromatic rings. The van der Waals surface area contributed by atoms with E-state index in [1.54, 1.807) is 12.1 Å². The largest absolute Gasteiger partial charge is 0.480 e.